The highest BCUT2D eigenvalue weighted by Crippen LogP contribution is 2.17. The average molecular weight is 415 g/mol. The van der Waals surface area contributed by atoms with Gasteiger partial charge in [0.05, 0.1) is 26.6 Å². The average Bonchev–Trinajstić information content (AvgIpc) is 3.31. The highest BCUT2D eigenvalue weighted by molar-refractivity contribution is 5.79. The molecule has 0 aliphatic carbocycles. The summed E-state index contributed by atoms with van der Waals surface area (Å²) in [5.41, 5.74) is 1.19. The Labute approximate surface area is 179 Å². The van der Waals surface area contributed by atoms with Crippen LogP contribution < -0.4 is 15.4 Å². The molecule has 0 bridgehead atoms. The molecular formula is C23H34N4O3. The van der Waals surface area contributed by atoms with Gasteiger partial charge < -0.3 is 24.5 Å². The first kappa shape index (κ1) is 22.2. The topological polar surface area (TPSA) is 71.3 Å². The van der Waals surface area contributed by atoms with Gasteiger partial charge in [0.1, 0.15) is 11.5 Å². The van der Waals surface area contributed by atoms with E-state index < -0.39 is 0 Å². The van der Waals surface area contributed by atoms with Gasteiger partial charge in [-0.05, 0) is 36.6 Å². The number of benzene rings is 1. The molecule has 3 rings (SSSR count). The van der Waals surface area contributed by atoms with Crippen LogP contribution in [-0.2, 0) is 17.6 Å². The smallest absolute Gasteiger partial charge is 0.191 e. The second-order valence-corrected chi connectivity index (χ2v) is 7.28. The predicted octanol–water partition coefficient (Wildman–Crippen LogP) is 2.33. The molecule has 7 nitrogen and oxygen atoms in total. The normalized spacial score (nSPS) is 15.2. The second-order valence-electron chi connectivity index (χ2n) is 7.28. The molecule has 164 valence electrons. The number of para-hydroxylation sites is 1. The fraction of sp³-hybridized carbons (Fsp3) is 0.522. The molecule has 0 spiro atoms. The van der Waals surface area contributed by atoms with Gasteiger partial charge in [-0.25, -0.2) is 0 Å². The lowest BCUT2D eigenvalue weighted by molar-refractivity contribution is 0.0377. The highest BCUT2D eigenvalue weighted by atomic mass is 16.5. The molecular weight excluding hydrogens is 380 g/mol. The van der Waals surface area contributed by atoms with E-state index in [0.29, 0.717) is 0 Å². The zero-order chi connectivity index (χ0) is 20.9. The van der Waals surface area contributed by atoms with Crippen molar-refractivity contribution in [2.45, 2.75) is 19.3 Å². The number of ether oxygens (including phenoxy) is 2. The van der Waals surface area contributed by atoms with Crippen LogP contribution in [0.15, 0.2) is 52.1 Å². The Bertz CT molecular complexity index is 743. The van der Waals surface area contributed by atoms with Crippen LogP contribution in [0.4, 0.5) is 0 Å². The second kappa shape index (κ2) is 12.9. The van der Waals surface area contributed by atoms with Gasteiger partial charge in [-0.15, -0.1) is 0 Å². The molecule has 7 heteroatoms. The Morgan fingerprint density at radius 1 is 1.07 bits per heavy atom. The lowest BCUT2D eigenvalue weighted by atomic mass is 10.1. The fourth-order valence-electron chi connectivity index (χ4n) is 3.47. The van der Waals surface area contributed by atoms with Crippen molar-refractivity contribution in [3.8, 4) is 5.75 Å². The number of rotatable bonds is 11. The van der Waals surface area contributed by atoms with E-state index in [4.69, 9.17) is 18.9 Å². The highest BCUT2D eigenvalue weighted by Gasteiger charge is 2.09. The van der Waals surface area contributed by atoms with Crippen LogP contribution in [0.5, 0.6) is 5.75 Å². The SMILES string of the molecule is COc1ccccc1CCNC(=NCCCN1CCOCC1)NCCc1ccco1. The zero-order valence-electron chi connectivity index (χ0n) is 17.9. The van der Waals surface area contributed by atoms with Crippen LogP contribution in [0.3, 0.4) is 0 Å². The summed E-state index contributed by atoms with van der Waals surface area (Å²) in [6.45, 7) is 7.15. The number of aliphatic imine (C=N–C) groups is 1. The molecule has 1 fully saturated rings. The van der Waals surface area contributed by atoms with Gasteiger partial charge in [0, 0.05) is 45.7 Å². The van der Waals surface area contributed by atoms with E-state index in [0.717, 1.165) is 89.2 Å². The molecule has 0 amide bonds. The van der Waals surface area contributed by atoms with E-state index in [-0.39, 0.29) is 0 Å². The van der Waals surface area contributed by atoms with E-state index in [1.807, 2.05) is 30.3 Å². The van der Waals surface area contributed by atoms with Crippen molar-refractivity contribution in [2.24, 2.45) is 4.99 Å². The molecule has 1 aromatic carbocycles. The van der Waals surface area contributed by atoms with Crippen molar-refractivity contribution >= 4 is 5.96 Å². The lowest BCUT2D eigenvalue weighted by Crippen LogP contribution is -2.40. The molecule has 0 unspecified atom stereocenters. The van der Waals surface area contributed by atoms with Crippen molar-refractivity contribution in [3.05, 3.63) is 54.0 Å². The van der Waals surface area contributed by atoms with Crippen molar-refractivity contribution in [2.75, 3.05) is 59.6 Å². The Hall–Kier alpha value is -2.51. The number of morpholine rings is 1. The number of nitrogens with one attached hydrogen (secondary N) is 2. The van der Waals surface area contributed by atoms with Crippen LogP contribution in [0.1, 0.15) is 17.7 Å². The van der Waals surface area contributed by atoms with Gasteiger partial charge in [0.2, 0.25) is 0 Å². The quantitative estimate of drug-likeness (QED) is 0.334. The number of hydrogen-bond donors (Lipinski definition) is 2. The molecule has 1 aromatic heterocycles. The maximum atomic E-state index is 5.45. The maximum absolute atomic E-state index is 5.45. The summed E-state index contributed by atoms with van der Waals surface area (Å²) < 4.78 is 16.3. The molecule has 1 aliphatic rings. The lowest BCUT2D eigenvalue weighted by Gasteiger charge is -2.26. The monoisotopic (exact) mass is 414 g/mol. The minimum absolute atomic E-state index is 0.775. The first-order chi connectivity index (χ1) is 14.8. The summed E-state index contributed by atoms with van der Waals surface area (Å²) in [7, 11) is 1.71. The predicted molar refractivity (Wildman–Crippen MR) is 119 cm³/mol. The number of guanidine groups is 1. The molecule has 2 N–H and O–H groups in total. The van der Waals surface area contributed by atoms with Crippen LogP contribution in [0.25, 0.3) is 0 Å². The molecule has 30 heavy (non-hydrogen) atoms. The Morgan fingerprint density at radius 3 is 2.63 bits per heavy atom. The first-order valence-electron chi connectivity index (χ1n) is 10.8. The van der Waals surface area contributed by atoms with E-state index in [1.54, 1.807) is 13.4 Å². The molecule has 2 aromatic rings. The van der Waals surface area contributed by atoms with Gasteiger partial charge in [0.15, 0.2) is 5.96 Å². The first-order valence-corrected chi connectivity index (χ1v) is 10.8. The Balaban J connectivity index is 1.45. The van der Waals surface area contributed by atoms with Crippen LogP contribution in [-0.4, -0.2) is 70.5 Å². The number of nitrogens with zero attached hydrogens (tertiary/aromatic N) is 2. The third kappa shape index (κ3) is 7.72. The van der Waals surface area contributed by atoms with Crippen molar-refractivity contribution in [1.82, 2.24) is 15.5 Å². The van der Waals surface area contributed by atoms with Gasteiger partial charge in [-0.2, -0.15) is 0 Å². The molecule has 1 aliphatic heterocycles. The summed E-state index contributed by atoms with van der Waals surface area (Å²) in [4.78, 5) is 7.22. The third-order valence-electron chi connectivity index (χ3n) is 5.13. The standard InChI is InChI=1S/C23H34N4O3/c1-28-22-8-3-2-6-20(22)9-12-25-23(26-13-10-21-7-4-17-30-21)24-11-5-14-27-15-18-29-19-16-27/h2-4,6-8,17H,5,9-16,18-19H2,1H3,(H2,24,25,26). The van der Waals surface area contributed by atoms with Gasteiger partial charge in [-0.1, -0.05) is 18.2 Å². The summed E-state index contributed by atoms with van der Waals surface area (Å²) in [6, 6.07) is 12.0. The minimum atomic E-state index is 0.775. The van der Waals surface area contributed by atoms with Crippen LogP contribution >= 0.6 is 0 Å². The molecule has 1 saturated heterocycles. The van der Waals surface area contributed by atoms with E-state index >= 15 is 0 Å². The van der Waals surface area contributed by atoms with E-state index in [9.17, 15) is 0 Å². The summed E-state index contributed by atoms with van der Waals surface area (Å²) in [6.07, 6.45) is 4.45. The van der Waals surface area contributed by atoms with Crippen molar-refractivity contribution in [1.29, 1.82) is 0 Å². The number of hydrogen-bond acceptors (Lipinski definition) is 5. The van der Waals surface area contributed by atoms with Gasteiger partial charge >= 0.3 is 0 Å². The molecule has 0 atom stereocenters. The molecule has 0 radical (unpaired) electrons. The van der Waals surface area contributed by atoms with Crippen LogP contribution in [0, 0.1) is 0 Å². The van der Waals surface area contributed by atoms with E-state index in [2.05, 4.69) is 21.6 Å². The summed E-state index contributed by atoms with van der Waals surface area (Å²) in [5, 5.41) is 6.88. The fourth-order valence-corrected chi connectivity index (χ4v) is 3.47. The summed E-state index contributed by atoms with van der Waals surface area (Å²) >= 11 is 0. The number of furan rings is 1. The largest absolute Gasteiger partial charge is 0.496 e. The van der Waals surface area contributed by atoms with Crippen LogP contribution in [0.2, 0.25) is 0 Å². The maximum Gasteiger partial charge on any atom is 0.191 e. The van der Waals surface area contributed by atoms with Gasteiger partial charge in [0.25, 0.3) is 0 Å². The van der Waals surface area contributed by atoms with Crippen molar-refractivity contribution in [3.63, 3.8) is 0 Å². The molecule has 0 saturated carbocycles. The van der Waals surface area contributed by atoms with Gasteiger partial charge in [-0.3, -0.25) is 9.89 Å². The molecule has 2 heterocycles. The summed E-state index contributed by atoms with van der Waals surface area (Å²) in [5.74, 6) is 2.75. The minimum Gasteiger partial charge on any atom is -0.496 e. The van der Waals surface area contributed by atoms with Crippen molar-refractivity contribution < 1.29 is 13.9 Å². The Kier molecular flexibility index (Phi) is 9.56. The third-order valence-corrected chi connectivity index (χ3v) is 5.13. The Morgan fingerprint density at radius 2 is 1.87 bits per heavy atom. The zero-order valence-corrected chi connectivity index (χ0v) is 17.9. The number of methoxy groups -OCH3 is 1. The van der Waals surface area contributed by atoms with E-state index in [1.165, 1.54) is 5.56 Å².